The first-order chi connectivity index (χ1) is 10.4. The maximum absolute atomic E-state index is 4.62. The molecular formula is C15H20N6. The summed E-state index contributed by atoms with van der Waals surface area (Å²) in [4.78, 5) is 20.0. The molecule has 0 bridgehead atoms. The summed E-state index contributed by atoms with van der Waals surface area (Å²) in [5.74, 6) is 2.09. The molecule has 0 unspecified atom stereocenters. The Hall–Kier alpha value is -2.24. The molecule has 1 aliphatic rings. The third kappa shape index (κ3) is 3.26. The number of aromatic nitrogens is 4. The lowest BCUT2D eigenvalue weighted by Crippen LogP contribution is -2.22. The van der Waals surface area contributed by atoms with Gasteiger partial charge in [-0.3, -0.25) is 4.98 Å². The van der Waals surface area contributed by atoms with Gasteiger partial charge in [0.15, 0.2) is 5.82 Å². The standard InChI is InChI=1S/C15H20N6/c1-2-7-17-14-18-13(12-6-5-8-16-11-12)19-15(20-14)21-9-3-4-10-21/h5-6,8,11H,2-4,7,9-10H2,1H3,(H,17,18,19,20). The van der Waals surface area contributed by atoms with Gasteiger partial charge in [-0.25, -0.2) is 0 Å². The number of nitrogens with one attached hydrogen (secondary N) is 1. The summed E-state index contributed by atoms with van der Waals surface area (Å²) >= 11 is 0. The lowest BCUT2D eigenvalue weighted by Gasteiger charge is -2.16. The highest BCUT2D eigenvalue weighted by molar-refractivity contribution is 5.57. The molecule has 0 aromatic carbocycles. The maximum Gasteiger partial charge on any atom is 0.230 e. The van der Waals surface area contributed by atoms with E-state index in [0.717, 1.165) is 37.6 Å². The van der Waals surface area contributed by atoms with Crippen LogP contribution in [-0.4, -0.2) is 39.6 Å². The van der Waals surface area contributed by atoms with Gasteiger partial charge in [-0.1, -0.05) is 6.92 Å². The van der Waals surface area contributed by atoms with Crippen LogP contribution in [0, 0.1) is 0 Å². The zero-order valence-electron chi connectivity index (χ0n) is 12.3. The average molecular weight is 284 g/mol. The van der Waals surface area contributed by atoms with Gasteiger partial charge >= 0.3 is 0 Å². The van der Waals surface area contributed by atoms with Gasteiger partial charge in [0, 0.05) is 37.6 Å². The van der Waals surface area contributed by atoms with Crippen molar-refractivity contribution in [2.45, 2.75) is 26.2 Å². The average Bonchev–Trinajstić information content (AvgIpc) is 3.08. The predicted molar refractivity (Wildman–Crippen MR) is 83.3 cm³/mol. The van der Waals surface area contributed by atoms with Crippen molar-refractivity contribution in [2.75, 3.05) is 29.9 Å². The van der Waals surface area contributed by atoms with Crippen LogP contribution in [0.1, 0.15) is 26.2 Å². The Morgan fingerprint density at radius 1 is 1.19 bits per heavy atom. The molecule has 3 rings (SSSR count). The van der Waals surface area contributed by atoms with Crippen LogP contribution in [0.2, 0.25) is 0 Å². The van der Waals surface area contributed by atoms with Gasteiger partial charge in [0.2, 0.25) is 11.9 Å². The van der Waals surface area contributed by atoms with E-state index >= 15 is 0 Å². The van der Waals surface area contributed by atoms with E-state index < -0.39 is 0 Å². The van der Waals surface area contributed by atoms with Crippen molar-refractivity contribution in [3.8, 4) is 11.4 Å². The molecule has 0 atom stereocenters. The zero-order valence-corrected chi connectivity index (χ0v) is 12.3. The van der Waals surface area contributed by atoms with Gasteiger partial charge in [-0.2, -0.15) is 15.0 Å². The number of anilines is 2. The molecule has 6 heteroatoms. The topological polar surface area (TPSA) is 66.8 Å². The van der Waals surface area contributed by atoms with E-state index in [0.29, 0.717) is 11.8 Å². The largest absolute Gasteiger partial charge is 0.354 e. The SMILES string of the molecule is CCCNc1nc(-c2cccnc2)nc(N2CCCC2)n1. The minimum atomic E-state index is 0.646. The molecule has 0 amide bonds. The van der Waals surface area contributed by atoms with Crippen molar-refractivity contribution in [3.05, 3.63) is 24.5 Å². The Morgan fingerprint density at radius 3 is 2.76 bits per heavy atom. The molecule has 3 heterocycles. The Kier molecular flexibility index (Phi) is 4.23. The Labute approximate surface area is 124 Å². The molecule has 1 N–H and O–H groups in total. The molecule has 110 valence electrons. The van der Waals surface area contributed by atoms with Gasteiger partial charge in [-0.05, 0) is 31.4 Å². The third-order valence-corrected chi connectivity index (χ3v) is 3.47. The normalized spacial score (nSPS) is 14.4. The highest BCUT2D eigenvalue weighted by Crippen LogP contribution is 2.21. The minimum Gasteiger partial charge on any atom is -0.354 e. The fraction of sp³-hybridized carbons (Fsp3) is 0.467. The number of hydrogen-bond donors (Lipinski definition) is 1. The Balaban J connectivity index is 1.96. The van der Waals surface area contributed by atoms with Gasteiger partial charge in [0.1, 0.15) is 0 Å². The summed E-state index contributed by atoms with van der Waals surface area (Å²) in [6.45, 7) is 5.01. The van der Waals surface area contributed by atoms with Crippen molar-refractivity contribution in [1.82, 2.24) is 19.9 Å². The third-order valence-electron chi connectivity index (χ3n) is 3.47. The summed E-state index contributed by atoms with van der Waals surface area (Å²) < 4.78 is 0. The van der Waals surface area contributed by atoms with Gasteiger partial charge in [-0.15, -0.1) is 0 Å². The summed E-state index contributed by atoms with van der Waals surface area (Å²) in [6.07, 6.45) is 6.97. The van der Waals surface area contributed by atoms with Crippen molar-refractivity contribution >= 4 is 11.9 Å². The summed E-state index contributed by atoms with van der Waals surface area (Å²) in [6, 6.07) is 3.87. The molecule has 21 heavy (non-hydrogen) atoms. The fourth-order valence-corrected chi connectivity index (χ4v) is 2.36. The summed E-state index contributed by atoms with van der Waals surface area (Å²) in [5.41, 5.74) is 0.917. The van der Waals surface area contributed by atoms with Gasteiger partial charge < -0.3 is 10.2 Å². The molecule has 1 aliphatic heterocycles. The van der Waals surface area contributed by atoms with E-state index in [4.69, 9.17) is 0 Å². The van der Waals surface area contributed by atoms with Gasteiger partial charge in [0.05, 0.1) is 0 Å². The number of pyridine rings is 1. The highest BCUT2D eigenvalue weighted by atomic mass is 15.3. The van der Waals surface area contributed by atoms with E-state index in [9.17, 15) is 0 Å². The van der Waals surface area contributed by atoms with Crippen molar-refractivity contribution in [2.24, 2.45) is 0 Å². The van der Waals surface area contributed by atoms with Crippen LogP contribution >= 0.6 is 0 Å². The van der Waals surface area contributed by atoms with Crippen LogP contribution in [0.25, 0.3) is 11.4 Å². The van der Waals surface area contributed by atoms with Crippen LogP contribution in [0.3, 0.4) is 0 Å². The molecule has 0 radical (unpaired) electrons. The first kappa shape index (κ1) is 13.7. The minimum absolute atomic E-state index is 0.646. The second-order valence-electron chi connectivity index (χ2n) is 5.15. The first-order valence-electron chi connectivity index (χ1n) is 7.52. The molecular weight excluding hydrogens is 264 g/mol. The predicted octanol–water partition coefficient (Wildman–Crippen LogP) is 2.36. The molecule has 6 nitrogen and oxygen atoms in total. The monoisotopic (exact) mass is 284 g/mol. The Morgan fingerprint density at radius 2 is 2.05 bits per heavy atom. The molecule has 0 spiro atoms. The molecule has 0 aliphatic carbocycles. The molecule has 2 aromatic rings. The number of nitrogens with zero attached hydrogens (tertiary/aromatic N) is 5. The van der Waals surface area contributed by atoms with E-state index in [1.807, 2.05) is 12.1 Å². The molecule has 1 saturated heterocycles. The molecule has 1 fully saturated rings. The van der Waals surface area contributed by atoms with Crippen molar-refractivity contribution in [1.29, 1.82) is 0 Å². The zero-order chi connectivity index (χ0) is 14.5. The lowest BCUT2D eigenvalue weighted by atomic mass is 10.3. The van der Waals surface area contributed by atoms with E-state index in [1.54, 1.807) is 12.4 Å². The quantitative estimate of drug-likeness (QED) is 0.909. The number of rotatable bonds is 5. The lowest BCUT2D eigenvalue weighted by molar-refractivity contribution is 0.873. The van der Waals surface area contributed by atoms with Crippen molar-refractivity contribution in [3.63, 3.8) is 0 Å². The van der Waals surface area contributed by atoms with Crippen LogP contribution in [0.5, 0.6) is 0 Å². The number of hydrogen-bond acceptors (Lipinski definition) is 6. The Bertz CT molecular complexity index is 580. The van der Waals surface area contributed by atoms with Crippen LogP contribution in [-0.2, 0) is 0 Å². The van der Waals surface area contributed by atoms with E-state index in [-0.39, 0.29) is 0 Å². The summed E-state index contributed by atoms with van der Waals surface area (Å²) in [5, 5.41) is 3.26. The smallest absolute Gasteiger partial charge is 0.230 e. The van der Waals surface area contributed by atoms with E-state index in [1.165, 1.54) is 12.8 Å². The van der Waals surface area contributed by atoms with E-state index in [2.05, 4.69) is 37.1 Å². The van der Waals surface area contributed by atoms with Gasteiger partial charge in [0.25, 0.3) is 0 Å². The first-order valence-corrected chi connectivity index (χ1v) is 7.52. The maximum atomic E-state index is 4.62. The highest BCUT2D eigenvalue weighted by Gasteiger charge is 2.17. The second-order valence-corrected chi connectivity index (χ2v) is 5.15. The molecule has 0 saturated carbocycles. The second kappa shape index (κ2) is 6.47. The van der Waals surface area contributed by atoms with Crippen LogP contribution < -0.4 is 10.2 Å². The van der Waals surface area contributed by atoms with Crippen LogP contribution in [0.4, 0.5) is 11.9 Å². The fourth-order valence-electron chi connectivity index (χ4n) is 2.36. The van der Waals surface area contributed by atoms with Crippen molar-refractivity contribution < 1.29 is 0 Å². The molecule has 2 aromatic heterocycles. The summed E-state index contributed by atoms with van der Waals surface area (Å²) in [7, 11) is 0. The van der Waals surface area contributed by atoms with Crippen LogP contribution in [0.15, 0.2) is 24.5 Å².